The summed E-state index contributed by atoms with van der Waals surface area (Å²) in [7, 11) is -3.68. The zero-order valence-electron chi connectivity index (χ0n) is 13.7. The highest BCUT2D eigenvalue weighted by Gasteiger charge is 2.31. The number of rotatable bonds is 6. The van der Waals surface area contributed by atoms with E-state index in [1.165, 1.54) is 6.07 Å². The first kappa shape index (κ1) is 20.0. The molecule has 0 heterocycles. The Balaban J connectivity index is 2.36. The monoisotopic (exact) mass is 492 g/mol. The van der Waals surface area contributed by atoms with Crippen molar-refractivity contribution in [2.75, 3.05) is 15.9 Å². The van der Waals surface area contributed by atoms with E-state index in [1.807, 2.05) is 12.1 Å². The van der Waals surface area contributed by atoms with Crippen LogP contribution < -0.4 is 9.62 Å². The van der Waals surface area contributed by atoms with Crippen molar-refractivity contribution in [3.8, 4) is 0 Å². The summed E-state index contributed by atoms with van der Waals surface area (Å²) in [6, 6.07) is 12.8. The summed E-state index contributed by atoms with van der Waals surface area (Å²) in [5.74, 6) is -0.394. The normalized spacial score (nSPS) is 12.5. The zero-order chi connectivity index (χ0) is 18.6. The summed E-state index contributed by atoms with van der Waals surface area (Å²) in [5, 5.41) is 3.18. The summed E-state index contributed by atoms with van der Waals surface area (Å²) in [5.41, 5.74) is 0.975. The molecular formula is C17H18ClIN2O3S. The standard InChI is InChI=1S/C17H18ClIN2O3S/c1-3-16(17(22)20-14-9-7-13(19)8-10-14)21(25(2,23)24)15-6-4-5-12(18)11-15/h4-11,16H,3H2,1-2H3,(H,20,22)/t16-/m1/s1. The number of anilines is 2. The minimum absolute atomic E-state index is 0.315. The highest BCUT2D eigenvalue weighted by Crippen LogP contribution is 2.26. The maximum Gasteiger partial charge on any atom is 0.248 e. The number of sulfonamides is 1. The summed E-state index contributed by atoms with van der Waals surface area (Å²) in [6.45, 7) is 1.76. The molecule has 2 aromatic rings. The number of nitrogens with one attached hydrogen (secondary N) is 1. The number of nitrogens with zero attached hydrogens (tertiary/aromatic N) is 1. The van der Waals surface area contributed by atoms with Crippen molar-refractivity contribution in [1.82, 2.24) is 0 Å². The molecule has 1 amide bonds. The lowest BCUT2D eigenvalue weighted by Crippen LogP contribution is -2.47. The van der Waals surface area contributed by atoms with Gasteiger partial charge < -0.3 is 5.32 Å². The maximum atomic E-state index is 12.7. The molecule has 0 saturated carbocycles. The Morgan fingerprint density at radius 1 is 1.24 bits per heavy atom. The molecule has 2 rings (SSSR count). The largest absolute Gasteiger partial charge is 0.324 e. The fraction of sp³-hybridized carbons (Fsp3) is 0.235. The number of hydrogen-bond acceptors (Lipinski definition) is 3. The Bertz CT molecular complexity index is 856. The van der Waals surface area contributed by atoms with Gasteiger partial charge in [-0.05, 0) is 71.5 Å². The minimum Gasteiger partial charge on any atom is -0.324 e. The molecule has 0 bridgehead atoms. The van der Waals surface area contributed by atoms with E-state index >= 15 is 0 Å². The van der Waals surface area contributed by atoms with E-state index < -0.39 is 22.0 Å². The molecule has 8 heteroatoms. The van der Waals surface area contributed by atoms with Gasteiger partial charge in [-0.3, -0.25) is 9.10 Å². The second kappa shape index (κ2) is 8.37. The molecule has 0 aliphatic rings. The van der Waals surface area contributed by atoms with Crippen molar-refractivity contribution in [3.05, 3.63) is 57.1 Å². The third-order valence-electron chi connectivity index (χ3n) is 3.50. The van der Waals surface area contributed by atoms with E-state index in [-0.39, 0.29) is 0 Å². The molecule has 0 fully saturated rings. The third-order valence-corrected chi connectivity index (χ3v) is 5.64. The van der Waals surface area contributed by atoms with Crippen molar-refractivity contribution in [3.63, 3.8) is 0 Å². The van der Waals surface area contributed by atoms with Gasteiger partial charge in [0.15, 0.2) is 0 Å². The van der Waals surface area contributed by atoms with Crippen LogP contribution in [0.5, 0.6) is 0 Å². The molecule has 134 valence electrons. The number of benzene rings is 2. The lowest BCUT2D eigenvalue weighted by molar-refractivity contribution is -0.117. The Morgan fingerprint density at radius 2 is 1.88 bits per heavy atom. The first-order valence-corrected chi connectivity index (χ1v) is 10.8. The van der Waals surface area contributed by atoms with E-state index in [4.69, 9.17) is 11.6 Å². The number of halogens is 2. The topological polar surface area (TPSA) is 66.5 Å². The lowest BCUT2D eigenvalue weighted by atomic mass is 10.2. The Labute approximate surface area is 166 Å². The highest BCUT2D eigenvalue weighted by atomic mass is 127. The van der Waals surface area contributed by atoms with E-state index in [9.17, 15) is 13.2 Å². The van der Waals surface area contributed by atoms with Crippen molar-refractivity contribution < 1.29 is 13.2 Å². The number of hydrogen-bond donors (Lipinski definition) is 1. The van der Waals surface area contributed by atoms with Crippen molar-refractivity contribution >= 4 is 61.5 Å². The van der Waals surface area contributed by atoms with Gasteiger partial charge in [0.25, 0.3) is 0 Å². The van der Waals surface area contributed by atoms with Crippen LogP contribution in [0.2, 0.25) is 5.02 Å². The average molecular weight is 493 g/mol. The van der Waals surface area contributed by atoms with Crippen molar-refractivity contribution in [2.45, 2.75) is 19.4 Å². The van der Waals surface area contributed by atoms with Gasteiger partial charge in [0.2, 0.25) is 15.9 Å². The molecule has 0 aromatic heterocycles. The second-order valence-electron chi connectivity index (χ2n) is 5.46. The zero-order valence-corrected chi connectivity index (χ0v) is 17.5. The lowest BCUT2D eigenvalue weighted by Gasteiger charge is -2.30. The Hall–Kier alpha value is -1.32. The van der Waals surface area contributed by atoms with Gasteiger partial charge in [-0.1, -0.05) is 24.6 Å². The molecule has 0 aliphatic carbocycles. The van der Waals surface area contributed by atoms with Gasteiger partial charge in [-0.25, -0.2) is 8.42 Å². The van der Waals surface area contributed by atoms with Crippen molar-refractivity contribution in [1.29, 1.82) is 0 Å². The van der Waals surface area contributed by atoms with Gasteiger partial charge >= 0.3 is 0 Å². The number of amides is 1. The number of carbonyl (C=O) groups is 1. The second-order valence-corrected chi connectivity index (χ2v) is 9.00. The molecule has 0 spiro atoms. The molecule has 0 radical (unpaired) electrons. The summed E-state index contributed by atoms with van der Waals surface area (Å²) >= 11 is 8.16. The average Bonchev–Trinajstić information content (AvgIpc) is 2.53. The van der Waals surface area contributed by atoms with Crippen LogP contribution in [0.1, 0.15) is 13.3 Å². The van der Waals surface area contributed by atoms with Crippen LogP contribution in [0.3, 0.4) is 0 Å². The molecule has 0 unspecified atom stereocenters. The van der Waals surface area contributed by atoms with Crippen LogP contribution in [-0.4, -0.2) is 26.6 Å². The van der Waals surface area contributed by atoms with Gasteiger partial charge in [0.05, 0.1) is 11.9 Å². The first-order valence-electron chi connectivity index (χ1n) is 7.53. The Kier molecular flexibility index (Phi) is 6.70. The minimum atomic E-state index is -3.68. The predicted octanol–water partition coefficient (Wildman–Crippen LogP) is 4.13. The van der Waals surface area contributed by atoms with Crippen molar-refractivity contribution in [2.24, 2.45) is 0 Å². The van der Waals surface area contributed by atoms with Crippen LogP contribution in [0, 0.1) is 3.57 Å². The molecule has 0 saturated heterocycles. The first-order chi connectivity index (χ1) is 11.7. The summed E-state index contributed by atoms with van der Waals surface area (Å²) < 4.78 is 26.8. The fourth-order valence-electron chi connectivity index (χ4n) is 2.43. The Morgan fingerprint density at radius 3 is 2.40 bits per heavy atom. The van der Waals surface area contributed by atoms with E-state index in [0.717, 1.165) is 14.1 Å². The SMILES string of the molecule is CC[C@H](C(=O)Nc1ccc(I)cc1)N(c1cccc(Cl)c1)S(C)(=O)=O. The highest BCUT2D eigenvalue weighted by molar-refractivity contribution is 14.1. The van der Waals surface area contributed by atoms with Gasteiger partial charge in [-0.2, -0.15) is 0 Å². The molecule has 1 N–H and O–H groups in total. The molecular weight excluding hydrogens is 475 g/mol. The van der Waals surface area contributed by atoms with Gasteiger partial charge in [0.1, 0.15) is 6.04 Å². The molecule has 1 atom stereocenters. The van der Waals surface area contributed by atoms with Gasteiger partial charge in [-0.15, -0.1) is 0 Å². The van der Waals surface area contributed by atoms with Crippen LogP contribution in [-0.2, 0) is 14.8 Å². The quantitative estimate of drug-likeness (QED) is 0.617. The molecule has 5 nitrogen and oxygen atoms in total. The van der Waals surface area contributed by atoms with Crippen LogP contribution in [0.4, 0.5) is 11.4 Å². The smallest absolute Gasteiger partial charge is 0.248 e. The molecule has 0 aliphatic heterocycles. The molecule has 2 aromatic carbocycles. The van der Waals surface area contributed by atoms with E-state index in [1.54, 1.807) is 37.3 Å². The van der Waals surface area contributed by atoms with Crippen LogP contribution >= 0.6 is 34.2 Å². The van der Waals surface area contributed by atoms with Crippen LogP contribution in [0.25, 0.3) is 0 Å². The van der Waals surface area contributed by atoms with E-state index in [2.05, 4.69) is 27.9 Å². The summed E-state index contributed by atoms with van der Waals surface area (Å²) in [6.07, 6.45) is 1.39. The van der Waals surface area contributed by atoms with Gasteiger partial charge in [0, 0.05) is 14.3 Å². The van der Waals surface area contributed by atoms with E-state index in [0.29, 0.717) is 22.8 Å². The maximum absolute atomic E-state index is 12.7. The number of carbonyl (C=O) groups excluding carboxylic acids is 1. The molecule has 25 heavy (non-hydrogen) atoms. The van der Waals surface area contributed by atoms with Crippen LogP contribution in [0.15, 0.2) is 48.5 Å². The fourth-order valence-corrected chi connectivity index (χ4v) is 4.18. The predicted molar refractivity (Wildman–Crippen MR) is 111 cm³/mol. The third kappa shape index (κ3) is 5.32. The summed E-state index contributed by atoms with van der Waals surface area (Å²) in [4.78, 5) is 12.7.